The Balaban J connectivity index is 1.70. The van der Waals surface area contributed by atoms with Crippen molar-refractivity contribution in [2.45, 2.75) is 57.9 Å². The minimum Gasteiger partial charge on any atom is -0.494 e. The van der Waals surface area contributed by atoms with Crippen molar-refractivity contribution in [1.29, 1.82) is 0 Å². The Morgan fingerprint density at radius 2 is 2.16 bits per heavy atom. The molecule has 4 rings (SSSR count). The van der Waals surface area contributed by atoms with Gasteiger partial charge in [0.15, 0.2) is 16.9 Å². The van der Waals surface area contributed by atoms with Crippen molar-refractivity contribution in [1.82, 2.24) is 14.5 Å². The third-order valence-electron chi connectivity index (χ3n) is 5.64. The summed E-state index contributed by atoms with van der Waals surface area (Å²) in [6.45, 7) is 2.18. The van der Waals surface area contributed by atoms with Gasteiger partial charge in [0.05, 0.1) is 7.11 Å². The molecule has 2 aromatic heterocycles. The molecule has 2 aliphatic carbocycles. The highest BCUT2D eigenvalue weighted by atomic mass is 35.5. The van der Waals surface area contributed by atoms with Crippen LogP contribution in [0.2, 0.25) is 5.15 Å². The second kappa shape index (κ2) is 6.16. The minimum absolute atomic E-state index is 0.0168. The van der Waals surface area contributed by atoms with Crippen molar-refractivity contribution >= 4 is 34.6 Å². The number of aromatic nitrogens is 3. The third-order valence-corrected chi connectivity index (χ3v) is 5.83. The molecule has 2 fully saturated rings. The van der Waals surface area contributed by atoms with E-state index in [-0.39, 0.29) is 11.3 Å². The molecular weight excluding hydrogens is 340 g/mol. The second-order valence-corrected chi connectivity index (χ2v) is 7.99. The molecule has 134 valence electrons. The van der Waals surface area contributed by atoms with Gasteiger partial charge in [-0.3, -0.25) is 14.7 Å². The number of anilines is 1. The first-order valence-electron chi connectivity index (χ1n) is 8.91. The molecule has 2 saturated carbocycles. The van der Waals surface area contributed by atoms with Gasteiger partial charge in [-0.1, -0.05) is 24.9 Å². The highest BCUT2D eigenvalue weighted by Crippen LogP contribution is 2.44. The Labute approximate surface area is 151 Å². The molecule has 0 aromatic carbocycles. The number of nitrogens with zero attached hydrogens (tertiary/aromatic N) is 3. The van der Waals surface area contributed by atoms with Gasteiger partial charge in [0.25, 0.3) is 0 Å². The lowest BCUT2D eigenvalue weighted by molar-refractivity contribution is -0.119. The Kier molecular flexibility index (Phi) is 4.10. The van der Waals surface area contributed by atoms with Gasteiger partial charge in [0.2, 0.25) is 11.9 Å². The summed E-state index contributed by atoms with van der Waals surface area (Å²) in [6.07, 6.45) is 7.27. The smallest absolute Gasteiger partial charge is 0.227 e. The fourth-order valence-electron chi connectivity index (χ4n) is 3.75. The van der Waals surface area contributed by atoms with E-state index < -0.39 is 0 Å². The summed E-state index contributed by atoms with van der Waals surface area (Å²) in [6, 6.07) is 1.96. The molecule has 0 unspecified atom stereocenters. The zero-order chi connectivity index (χ0) is 17.6. The molecule has 1 amide bonds. The van der Waals surface area contributed by atoms with Crippen LogP contribution in [0.5, 0.6) is 5.75 Å². The molecule has 0 aliphatic heterocycles. The van der Waals surface area contributed by atoms with E-state index in [1.54, 1.807) is 13.2 Å². The normalized spacial score (nSPS) is 19.3. The summed E-state index contributed by atoms with van der Waals surface area (Å²) in [7, 11) is 1.59. The fourth-order valence-corrected chi connectivity index (χ4v) is 3.93. The lowest BCUT2D eigenvalue weighted by Crippen LogP contribution is -2.32. The van der Waals surface area contributed by atoms with Crippen molar-refractivity contribution < 1.29 is 9.53 Å². The number of pyridine rings is 1. The monoisotopic (exact) mass is 362 g/mol. The maximum absolute atomic E-state index is 12.6. The van der Waals surface area contributed by atoms with Crippen LogP contribution in [-0.2, 0) is 4.79 Å². The molecule has 0 saturated heterocycles. The van der Waals surface area contributed by atoms with E-state index in [0.29, 0.717) is 40.5 Å². The summed E-state index contributed by atoms with van der Waals surface area (Å²) < 4.78 is 7.43. The van der Waals surface area contributed by atoms with Crippen LogP contribution in [0.3, 0.4) is 0 Å². The highest BCUT2D eigenvalue weighted by molar-refractivity contribution is 6.30. The number of hydrogen-bond donors (Lipinski definition) is 1. The number of rotatable bonds is 5. The average Bonchev–Trinajstić information content (AvgIpc) is 2.81. The maximum atomic E-state index is 12.6. The predicted molar refractivity (Wildman–Crippen MR) is 97.2 cm³/mol. The van der Waals surface area contributed by atoms with Gasteiger partial charge in [-0.05, 0) is 37.5 Å². The Morgan fingerprint density at radius 1 is 1.40 bits per heavy atom. The number of carbonyl (C=O) groups is 1. The fraction of sp³-hybridized carbons (Fsp3) is 0.611. The van der Waals surface area contributed by atoms with Crippen LogP contribution in [0.4, 0.5) is 5.95 Å². The number of amides is 1. The summed E-state index contributed by atoms with van der Waals surface area (Å²) >= 11 is 6.15. The van der Waals surface area contributed by atoms with Gasteiger partial charge in [-0.15, -0.1) is 0 Å². The predicted octanol–water partition coefficient (Wildman–Crippen LogP) is 4.34. The first kappa shape index (κ1) is 16.6. The quantitative estimate of drug-likeness (QED) is 0.803. The van der Waals surface area contributed by atoms with Crippen molar-refractivity contribution in [3.8, 4) is 5.75 Å². The number of hydrogen-bond acceptors (Lipinski definition) is 4. The van der Waals surface area contributed by atoms with Crippen molar-refractivity contribution in [3.63, 3.8) is 0 Å². The van der Waals surface area contributed by atoms with Crippen molar-refractivity contribution in [2.24, 2.45) is 5.41 Å². The molecule has 2 heterocycles. The standard InChI is InChI=1S/C18H23ClN4O2/c1-18(7-4-8-18)10-14(24)21-17-22-15-12(25-2)9-13(19)20-16(15)23(17)11-5-3-6-11/h9,11H,3-8,10H2,1-2H3,(H,21,22,24). The zero-order valence-corrected chi connectivity index (χ0v) is 15.4. The van der Waals surface area contributed by atoms with Crippen molar-refractivity contribution in [2.75, 3.05) is 12.4 Å². The molecule has 0 spiro atoms. The molecule has 0 radical (unpaired) electrons. The zero-order valence-electron chi connectivity index (χ0n) is 14.6. The van der Waals surface area contributed by atoms with Gasteiger partial charge in [0.1, 0.15) is 5.15 Å². The molecule has 2 aromatic rings. The molecule has 0 atom stereocenters. The molecule has 2 aliphatic rings. The summed E-state index contributed by atoms with van der Waals surface area (Å²) in [4.78, 5) is 21.6. The largest absolute Gasteiger partial charge is 0.494 e. The van der Waals surface area contributed by atoms with Gasteiger partial charge < -0.3 is 4.74 Å². The maximum Gasteiger partial charge on any atom is 0.227 e. The first-order chi connectivity index (χ1) is 12.0. The Bertz CT molecular complexity index is 824. The van der Waals surface area contributed by atoms with E-state index in [2.05, 4.69) is 22.2 Å². The topological polar surface area (TPSA) is 69.0 Å². The van der Waals surface area contributed by atoms with Crippen LogP contribution in [0.15, 0.2) is 6.07 Å². The van der Waals surface area contributed by atoms with E-state index in [0.717, 1.165) is 25.7 Å². The number of fused-ring (bicyclic) bond motifs is 1. The number of carbonyl (C=O) groups excluding carboxylic acids is 1. The van der Waals surface area contributed by atoms with Gasteiger partial charge in [-0.2, -0.15) is 0 Å². The van der Waals surface area contributed by atoms with E-state index >= 15 is 0 Å². The molecule has 1 N–H and O–H groups in total. The second-order valence-electron chi connectivity index (χ2n) is 7.60. The molecule has 7 heteroatoms. The number of halogens is 1. The lowest BCUT2D eigenvalue weighted by Gasteiger charge is -2.37. The summed E-state index contributed by atoms with van der Waals surface area (Å²) in [5.74, 6) is 1.15. The van der Waals surface area contributed by atoms with Crippen LogP contribution in [-0.4, -0.2) is 27.6 Å². The average molecular weight is 363 g/mol. The first-order valence-corrected chi connectivity index (χ1v) is 9.29. The SMILES string of the molecule is COc1cc(Cl)nc2c1nc(NC(=O)CC1(C)CCC1)n2C1CCC1. The van der Waals surface area contributed by atoms with Gasteiger partial charge in [-0.25, -0.2) is 9.97 Å². The Hall–Kier alpha value is -1.82. The van der Waals surface area contributed by atoms with E-state index in [1.165, 1.54) is 12.8 Å². The summed E-state index contributed by atoms with van der Waals surface area (Å²) in [5.41, 5.74) is 1.46. The highest BCUT2D eigenvalue weighted by Gasteiger charge is 2.35. The van der Waals surface area contributed by atoms with E-state index in [4.69, 9.17) is 16.3 Å². The van der Waals surface area contributed by atoms with Crippen LogP contribution in [0.25, 0.3) is 11.2 Å². The number of imidazole rings is 1. The number of nitrogens with one attached hydrogen (secondary N) is 1. The third kappa shape index (κ3) is 2.97. The number of methoxy groups -OCH3 is 1. The Morgan fingerprint density at radius 3 is 2.72 bits per heavy atom. The van der Waals surface area contributed by atoms with Gasteiger partial charge >= 0.3 is 0 Å². The van der Waals surface area contributed by atoms with E-state index in [1.807, 2.05) is 4.57 Å². The van der Waals surface area contributed by atoms with Crippen LogP contribution in [0.1, 0.15) is 57.9 Å². The molecular formula is C18H23ClN4O2. The number of ether oxygens (including phenoxy) is 1. The molecule has 6 nitrogen and oxygen atoms in total. The van der Waals surface area contributed by atoms with Crippen LogP contribution in [0, 0.1) is 5.41 Å². The minimum atomic E-state index is 0.0168. The molecule has 25 heavy (non-hydrogen) atoms. The summed E-state index contributed by atoms with van der Waals surface area (Å²) in [5, 5.41) is 3.38. The van der Waals surface area contributed by atoms with Crippen molar-refractivity contribution in [3.05, 3.63) is 11.2 Å². The van der Waals surface area contributed by atoms with Crippen LogP contribution >= 0.6 is 11.6 Å². The van der Waals surface area contributed by atoms with E-state index in [9.17, 15) is 4.79 Å². The van der Waals surface area contributed by atoms with Crippen LogP contribution < -0.4 is 10.1 Å². The molecule has 0 bridgehead atoms. The van der Waals surface area contributed by atoms with Gasteiger partial charge in [0, 0.05) is 18.5 Å². The lowest BCUT2D eigenvalue weighted by atomic mass is 9.68.